The van der Waals surface area contributed by atoms with E-state index in [9.17, 15) is 0 Å². The van der Waals surface area contributed by atoms with Crippen LogP contribution in [0.25, 0.3) is 10.9 Å². The number of hydrogen-bond donors (Lipinski definition) is 1. The molecular formula is C14H20N4. The Balaban J connectivity index is 2.09. The van der Waals surface area contributed by atoms with Crippen LogP contribution in [0.15, 0.2) is 12.1 Å². The molecular weight excluding hydrogens is 224 g/mol. The van der Waals surface area contributed by atoms with Gasteiger partial charge in [0.25, 0.3) is 0 Å². The SMILES string of the molecule is Cc1c2cc(N)c(N3CCCCC3)cc2nn1C. The average Bonchev–Trinajstić information content (AvgIpc) is 2.66. The lowest BCUT2D eigenvalue weighted by Crippen LogP contribution is -2.30. The number of nitrogen functional groups attached to an aromatic ring is 1. The maximum Gasteiger partial charge on any atom is 0.0948 e. The summed E-state index contributed by atoms with van der Waals surface area (Å²) >= 11 is 0. The smallest absolute Gasteiger partial charge is 0.0948 e. The highest BCUT2D eigenvalue weighted by Crippen LogP contribution is 2.31. The van der Waals surface area contributed by atoms with Gasteiger partial charge in [0.2, 0.25) is 0 Å². The first-order valence-electron chi connectivity index (χ1n) is 6.64. The summed E-state index contributed by atoms with van der Waals surface area (Å²) in [6, 6.07) is 4.21. The van der Waals surface area contributed by atoms with E-state index in [1.54, 1.807) is 0 Å². The van der Waals surface area contributed by atoms with Crippen molar-refractivity contribution in [1.82, 2.24) is 9.78 Å². The van der Waals surface area contributed by atoms with Crippen LogP contribution in [0.5, 0.6) is 0 Å². The van der Waals surface area contributed by atoms with Gasteiger partial charge in [-0.2, -0.15) is 5.10 Å². The molecule has 4 heteroatoms. The van der Waals surface area contributed by atoms with Crippen molar-refractivity contribution < 1.29 is 0 Å². The minimum absolute atomic E-state index is 0.875. The summed E-state index contributed by atoms with van der Waals surface area (Å²) in [7, 11) is 1.98. The number of anilines is 2. The van der Waals surface area contributed by atoms with Crippen molar-refractivity contribution >= 4 is 22.3 Å². The van der Waals surface area contributed by atoms with Crippen LogP contribution in [0.2, 0.25) is 0 Å². The van der Waals surface area contributed by atoms with Crippen LogP contribution in [0.3, 0.4) is 0 Å². The summed E-state index contributed by atoms with van der Waals surface area (Å²) in [5.41, 5.74) is 10.5. The Bertz CT molecular complexity index is 579. The van der Waals surface area contributed by atoms with E-state index in [2.05, 4.69) is 29.1 Å². The molecule has 1 aromatic carbocycles. The number of nitrogens with zero attached hydrogens (tertiary/aromatic N) is 3. The Labute approximate surface area is 107 Å². The second kappa shape index (κ2) is 4.19. The molecule has 0 saturated carbocycles. The molecule has 0 atom stereocenters. The third-order valence-corrected chi connectivity index (χ3v) is 3.97. The number of benzene rings is 1. The highest BCUT2D eigenvalue weighted by Gasteiger charge is 2.16. The Morgan fingerprint density at radius 1 is 1.17 bits per heavy atom. The van der Waals surface area contributed by atoms with Crippen molar-refractivity contribution in [3.63, 3.8) is 0 Å². The lowest BCUT2D eigenvalue weighted by atomic mass is 10.1. The third kappa shape index (κ3) is 1.72. The molecule has 2 aromatic rings. The fraction of sp³-hybridized carbons (Fsp3) is 0.500. The number of hydrogen-bond acceptors (Lipinski definition) is 3. The van der Waals surface area contributed by atoms with Crippen LogP contribution in [0, 0.1) is 6.92 Å². The van der Waals surface area contributed by atoms with Gasteiger partial charge in [-0.15, -0.1) is 0 Å². The van der Waals surface area contributed by atoms with Crippen LogP contribution in [-0.2, 0) is 7.05 Å². The van der Waals surface area contributed by atoms with Gasteiger partial charge >= 0.3 is 0 Å². The van der Waals surface area contributed by atoms with Crippen LogP contribution < -0.4 is 10.6 Å². The fourth-order valence-corrected chi connectivity index (χ4v) is 2.79. The zero-order valence-corrected chi connectivity index (χ0v) is 11.1. The summed E-state index contributed by atoms with van der Waals surface area (Å²) in [4.78, 5) is 2.39. The zero-order valence-electron chi connectivity index (χ0n) is 11.1. The quantitative estimate of drug-likeness (QED) is 0.784. The standard InChI is InChI=1S/C14H20N4/c1-10-11-8-12(15)14(9-13(11)16-17(10)2)18-6-4-3-5-7-18/h8-9H,3-7,15H2,1-2H3. The molecule has 1 aromatic heterocycles. The van der Waals surface area contributed by atoms with Gasteiger partial charge in [-0.3, -0.25) is 4.68 Å². The van der Waals surface area contributed by atoms with Crippen molar-refractivity contribution in [1.29, 1.82) is 0 Å². The summed E-state index contributed by atoms with van der Waals surface area (Å²) < 4.78 is 1.92. The zero-order chi connectivity index (χ0) is 12.7. The first-order valence-corrected chi connectivity index (χ1v) is 6.64. The van der Waals surface area contributed by atoms with Gasteiger partial charge in [0.05, 0.1) is 16.9 Å². The van der Waals surface area contributed by atoms with Crippen molar-refractivity contribution in [3.05, 3.63) is 17.8 Å². The molecule has 0 radical (unpaired) electrons. The molecule has 18 heavy (non-hydrogen) atoms. The first kappa shape index (κ1) is 11.4. The Hall–Kier alpha value is -1.71. The molecule has 0 unspecified atom stereocenters. The molecule has 1 fully saturated rings. The largest absolute Gasteiger partial charge is 0.397 e. The molecule has 0 aliphatic carbocycles. The number of aryl methyl sites for hydroxylation is 2. The summed E-state index contributed by atoms with van der Waals surface area (Å²) in [5, 5.41) is 5.71. The van der Waals surface area contributed by atoms with E-state index in [1.807, 2.05) is 11.7 Å². The number of piperidine rings is 1. The van der Waals surface area contributed by atoms with E-state index in [0.29, 0.717) is 0 Å². The Morgan fingerprint density at radius 3 is 2.61 bits per heavy atom. The highest BCUT2D eigenvalue weighted by atomic mass is 15.3. The maximum atomic E-state index is 6.22. The van der Waals surface area contributed by atoms with E-state index < -0.39 is 0 Å². The molecule has 0 amide bonds. The predicted octanol–water partition coefficient (Wildman–Crippen LogP) is 2.45. The Kier molecular flexibility index (Phi) is 2.65. The van der Waals surface area contributed by atoms with Crippen molar-refractivity contribution in [2.75, 3.05) is 23.7 Å². The molecule has 1 aliphatic heterocycles. The van der Waals surface area contributed by atoms with E-state index >= 15 is 0 Å². The number of nitrogens with two attached hydrogens (primary N) is 1. The normalized spacial score (nSPS) is 16.4. The second-order valence-corrected chi connectivity index (χ2v) is 5.18. The van der Waals surface area contributed by atoms with Gasteiger partial charge in [-0.05, 0) is 38.3 Å². The third-order valence-electron chi connectivity index (χ3n) is 3.97. The molecule has 1 saturated heterocycles. The average molecular weight is 244 g/mol. The molecule has 0 spiro atoms. The lowest BCUT2D eigenvalue weighted by Gasteiger charge is -2.29. The fourth-order valence-electron chi connectivity index (χ4n) is 2.79. The van der Waals surface area contributed by atoms with Gasteiger partial charge in [0.1, 0.15) is 0 Å². The highest BCUT2D eigenvalue weighted by molar-refractivity contribution is 5.91. The Morgan fingerprint density at radius 2 is 1.89 bits per heavy atom. The summed E-state index contributed by atoms with van der Waals surface area (Å²) in [6.45, 7) is 4.30. The van der Waals surface area contributed by atoms with Crippen molar-refractivity contribution in [2.45, 2.75) is 26.2 Å². The molecule has 3 rings (SSSR count). The molecule has 1 aliphatic rings. The monoisotopic (exact) mass is 244 g/mol. The summed E-state index contributed by atoms with van der Waals surface area (Å²) in [5.74, 6) is 0. The van der Waals surface area contributed by atoms with Crippen LogP contribution in [0.4, 0.5) is 11.4 Å². The van der Waals surface area contributed by atoms with Crippen LogP contribution >= 0.6 is 0 Å². The van der Waals surface area contributed by atoms with Gasteiger partial charge < -0.3 is 10.6 Å². The summed E-state index contributed by atoms with van der Waals surface area (Å²) in [6.07, 6.45) is 3.86. The van der Waals surface area contributed by atoms with E-state index in [1.165, 1.54) is 25.0 Å². The van der Waals surface area contributed by atoms with E-state index in [-0.39, 0.29) is 0 Å². The van der Waals surface area contributed by atoms with Crippen LogP contribution in [-0.4, -0.2) is 22.9 Å². The van der Waals surface area contributed by atoms with Crippen LogP contribution in [0.1, 0.15) is 25.0 Å². The van der Waals surface area contributed by atoms with Gasteiger partial charge in [0.15, 0.2) is 0 Å². The van der Waals surface area contributed by atoms with Gasteiger partial charge in [-0.25, -0.2) is 0 Å². The molecule has 2 heterocycles. The van der Waals surface area contributed by atoms with Crippen molar-refractivity contribution in [3.8, 4) is 0 Å². The minimum atomic E-state index is 0.875. The van der Waals surface area contributed by atoms with Crippen molar-refractivity contribution in [2.24, 2.45) is 7.05 Å². The number of fused-ring (bicyclic) bond motifs is 1. The van der Waals surface area contributed by atoms with E-state index in [0.717, 1.165) is 35.4 Å². The lowest BCUT2D eigenvalue weighted by molar-refractivity contribution is 0.578. The molecule has 4 nitrogen and oxygen atoms in total. The molecule has 96 valence electrons. The van der Waals surface area contributed by atoms with E-state index in [4.69, 9.17) is 5.73 Å². The molecule has 2 N–H and O–H groups in total. The van der Waals surface area contributed by atoms with Gasteiger partial charge in [-0.1, -0.05) is 0 Å². The first-order chi connectivity index (χ1) is 8.66. The molecule has 0 bridgehead atoms. The topological polar surface area (TPSA) is 47.1 Å². The number of aromatic nitrogens is 2. The van der Waals surface area contributed by atoms with Gasteiger partial charge in [0, 0.05) is 31.2 Å². The maximum absolute atomic E-state index is 6.22. The number of rotatable bonds is 1. The minimum Gasteiger partial charge on any atom is -0.397 e. The second-order valence-electron chi connectivity index (χ2n) is 5.18. The predicted molar refractivity (Wildman–Crippen MR) is 75.9 cm³/mol.